The van der Waals surface area contributed by atoms with E-state index in [1.807, 2.05) is 50.2 Å². The number of nitrogens with zero attached hydrogens (tertiary/aromatic N) is 3. The molecule has 0 heterocycles. The van der Waals surface area contributed by atoms with E-state index < -0.39 is 10.0 Å². The average molecular weight is 452 g/mol. The van der Waals surface area contributed by atoms with Gasteiger partial charge in [0.2, 0.25) is 10.0 Å². The standard InChI is InChI=1S/C22H30ClN3O3S/c1-6-25(16-17-9-12-19(13-10-17)24(4)5)22(27)18-11-14-20(23)21(15-18)30(28,29)26(7-2)8-3/h9-15H,6-8,16H2,1-5H3. The summed E-state index contributed by atoms with van der Waals surface area (Å²) in [5.74, 6) is -0.234. The second-order valence-corrected chi connectivity index (χ2v) is 9.43. The summed E-state index contributed by atoms with van der Waals surface area (Å²) in [6.45, 7) is 7.03. The van der Waals surface area contributed by atoms with E-state index in [-0.39, 0.29) is 15.8 Å². The maximum atomic E-state index is 13.1. The van der Waals surface area contributed by atoms with Gasteiger partial charge in [-0.3, -0.25) is 4.79 Å². The van der Waals surface area contributed by atoms with Crippen LogP contribution in [0.5, 0.6) is 0 Å². The number of hydrogen-bond acceptors (Lipinski definition) is 4. The lowest BCUT2D eigenvalue weighted by Crippen LogP contribution is -2.32. The Morgan fingerprint density at radius 3 is 2.03 bits per heavy atom. The van der Waals surface area contributed by atoms with Crippen molar-refractivity contribution >= 4 is 33.2 Å². The molecule has 0 saturated carbocycles. The molecule has 164 valence electrons. The fourth-order valence-electron chi connectivity index (χ4n) is 3.17. The molecule has 0 bridgehead atoms. The molecule has 0 spiro atoms. The zero-order valence-electron chi connectivity index (χ0n) is 18.2. The van der Waals surface area contributed by atoms with Gasteiger partial charge in [-0.25, -0.2) is 8.42 Å². The molecule has 0 atom stereocenters. The lowest BCUT2D eigenvalue weighted by atomic mass is 10.1. The Hall–Kier alpha value is -2.09. The van der Waals surface area contributed by atoms with Crippen molar-refractivity contribution in [3.8, 4) is 0 Å². The zero-order valence-corrected chi connectivity index (χ0v) is 19.8. The summed E-state index contributed by atoms with van der Waals surface area (Å²) in [5, 5.41) is 0.112. The van der Waals surface area contributed by atoms with Crippen molar-refractivity contribution in [2.24, 2.45) is 0 Å². The molecule has 0 aliphatic rings. The van der Waals surface area contributed by atoms with Crippen molar-refractivity contribution in [1.29, 1.82) is 0 Å². The van der Waals surface area contributed by atoms with Crippen LogP contribution < -0.4 is 4.90 Å². The number of rotatable bonds is 9. The van der Waals surface area contributed by atoms with Crippen molar-refractivity contribution in [2.75, 3.05) is 38.6 Å². The van der Waals surface area contributed by atoms with Gasteiger partial charge in [-0.2, -0.15) is 4.31 Å². The maximum Gasteiger partial charge on any atom is 0.254 e. The predicted octanol–water partition coefficient (Wildman–Crippen LogP) is 4.10. The summed E-state index contributed by atoms with van der Waals surface area (Å²) in [7, 11) is 0.181. The Labute approximate surface area is 185 Å². The molecule has 1 amide bonds. The molecule has 6 nitrogen and oxygen atoms in total. The minimum atomic E-state index is -3.77. The average Bonchev–Trinajstić information content (AvgIpc) is 2.72. The lowest BCUT2D eigenvalue weighted by molar-refractivity contribution is 0.0752. The highest BCUT2D eigenvalue weighted by atomic mass is 35.5. The monoisotopic (exact) mass is 451 g/mol. The van der Waals surface area contributed by atoms with Gasteiger partial charge in [-0.1, -0.05) is 37.6 Å². The molecule has 0 fully saturated rings. The maximum absolute atomic E-state index is 13.1. The molecule has 0 aliphatic heterocycles. The lowest BCUT2D eigenvalue weighted by Gasteiger charge is -2.23. The van der Waals surface area contributed by atoms with Crippen LogP contribution in [0.1, 0.15) is 36.7 Å². The number of sulfonamides is 1. The molecular weight excluding hydrogens is 422 g/mol. The van der Waals surface area contributed by atoms with E-state index in [9.17, 15) is 13.2 Å². The van der Waals surface area contributed by atoms with Crippen molar-refractivity contribution in [3.05, 3.63) is 58.6 Å². The smallest absolute Gasteiger partial charge is 0.254 e. The number of carbonyl (C=O) groups excluding carboxylic acids is 1. The highest BCUT2D eigenvalue weighted by Gasteiger charge is 2.26. The van der Waals surface area contributed by atoms with Crippen LogP contribution in [0.2, 0.25) is 5.02 Å². The first-order valence-electron chi connectivity index (χ1n) is 10.0. The SMILES string of the molecule is CCN(Cc1ccc(N(C)C)cc1)C(=O)c1ccc(Cl)c(S(=O)(=O)N(CC)CC)c1. The third kappa shape index (κ3) is 5.33. The fraction of sp³-hybridized carbons (Fsp3) is 0.409. The molecule has 0 saturated heterocycles. The van der Waals surface area contributed by atoms with Gasteiger partial charge in [0.1, 0.15) is 4.90 Å². The van der Waals surface area contributed by atoms with Crippen LogP contribution in [0, 0.1) is 0 Å². The summed E-state index contributed by atoms with van der Waals surface area (Å²) in [6, 6.07) is 12.4. The molecule has 0 N–H and O–H groups in total. The van der Waals surface area contributed by atoms with Gasteiger partial charge in [0, 0.05) is 51.5 Å². The van der Waals surface area contributed by atoms with Gasteiger partial charge in [-0.05, 0) is 42.8 Å². The van der Waals surface area contributed by atoms with Crippen LogP contribution in [0.25, 0.3) is 0 Å². The Balaban J connectivity index is 2.32. The number of hydrogen-bond donors (Lipinski definition) is 0. The summed E-state index contributed by atoms with van der Waals surface area (Å²) < 4.78 is 27.2. The number of benzene rings is 2. The van der Waals surface area contributed by atoms with E-state index in [0.717, 1.165) is 11.3 Å². The van der Waals surface area contributed by atoms with Crippen molar-refractivity contribution in [2.45, 2.75) is 32.2 Å². The first-order valence-corrected chi connectivity index (χ1v) is 11.8. The van der Waals surface area contributed by atoms with Gasteiger partial charge >= 0.3 is 0 Å². The highest BCUT2D eigenvalue weighted by molar-refractivity contribution is 7.89. The summed E-state index contributed by atoms with van der Waals surface area (Å²) in [4.78, 5) is 16.8. The minimum absolute atomic E-state index is 0.0369. The number of amides is 1. The minimum Gasteiger partial charge on any atom is -0.378 e. The molecule has 2 rings (SSSR count). The van der Waals surface area contributed by atoms with Gasteiger partial charge in [-0.15, -0.1) is 0 Å². The summed E-state index contributed by atoms with van der Waals surface area (Å²) in [5.41, 5.74) is 2.38. The van der Waals surface area contributed by atoms with Crippen LogP contribution in [0.3, 0.4) is 0 Å². The second-order valence-electron chi connectivity index (χ2n) is 7.11. The molecule has 2 aromatic carbocycles. The van der Waals surface area contributed by atoms with Gasteiger partial charge in [0.15, 0.2) is 0 Å². The van der Waals surface area contributed by atoms with Gasteiger partial charge < -0.3 is 9.80 Å². The number of anilines is 1. The van der Waals surface area contributed by atoms with Gasteiger partial charge in [0.25, 0.3) is 5.91 Å². The first kappa shape index (κ1) is 24.2. The van der Waals surface area contributed by atoms with E-state index in [1.54, 1.807) is 24.8 Å². The molecule has 2 aromatic rings. The Kier molecular flexibility index (Phi) is 8.29. The van der Waals surface area contributed by atoms with Crippen LogP contribution >= 0.6 is 11.6 Å². The first-order chi connectivity index (χ1) is 14.1. The summed E-state index contributed by atoms with van der Waals surface area (Å²) >= 11 is 6.19. The van der Waals surface area contributed by atoms with E-state index >= 15 is 0 Å². The van der Waals surface area contributed by atoms with Crippen molar-refractivity contribution in [1.82, 2.24) is 9.21 Å². The number of halogens is 1. The highest BCUT2D eigenvalue weighted by Crippen LogP contribution is 2.26. The van der Waals surface area contributed by atoms with Gasteiger partial charge in [0.05, 0.1) is 5.02 Å². The van der Waals surface area contributed by atoms with Crippen LogP contribution in [0.15, 0.2) is 47.4 Å². The van der Waals surface area contributed by atoms with Crippen molar-refractivity contribution < 1.29 is 13.2 Å². The summed E-state index contributed by atoms with van der Waals surface area (Å²) in [6.07, 6.45) is 0. The molecule has 0 aromatic heterocycles. The molecule has 0 aliphatic carbocycles. The molecule has 0 unspecified atom stereocenters. The Morgan fingerprint density at radius 1 is 0.933 bits per heavy atom. The Bertz CT molecular complexity index is 972. The van der Waals surface area contributed by atoms with Crippen LogP contribution in [-0.4, -0.2) is 57.3 Å². The second kappa shape index (κ2) is 10.3. The topological polar surface area (TPSA) is 60.9 Å². The molecule has 30 heavy (non-hydrogen) atoms. The van der Waals surface area contributed by atoms with Crippen LogP contribution in [0.4, 0.5) is 5.69 Å². The third-order valence-corrected chi connectivity index (χ3v) is 7.53. The fourth-order valence-corrected chi connectivity index (χ4v) is 5.12. The number of carbonyl (C=O) groups is 1. The molecular formula is C22H30ClN3O3S. The molecule has 0 radical (unpaired) electrons. The van der Waals surface area contributed by atoms with E-state index in [2.05, 4.69) is 0 Å². The third-order valence-electron chi connectivity index (χ3n) is 5.00. The predicted molar refractivity (Wildman–Crippen MR) is 123 cm³/mol. The van der Waals surface area contributed by atoms with Crippen LogP contribution in [-0.2, 0) is 16.6 Å². The normalized spacial score (nSPS) is 11.6. The quantitative estimate of drug-likeness (QED) is 0.575. The molecule has 8 heteroatoms. The van der Waals surface area contributed by atoms with E-state index in [0.29, 0.717) is 31.7 Å². The Morgan fingerprint density at radius 2 is 1.53 bits per heavy atom. The zero-order chi connectivity index (χ0) is 22.5. The van der Waals surface area contributed by atoms with Crippen molar-refractivity contribution in [3.63, 3.8) is 0 Å². The van der Waals surface area contributed by atoms with E-state index in [1.165, 1.54) is 16.4 Å². The van der Waals surface area contributed by atoms with E-state index in [4.69, 9.17) is 11.6 Å². The largest absolute Gasteiger partial charge is 0.378 e.